The lowest BCUT2D eigenvalue weighted by Crippen LogP contribution is -2.08. The molecule has 0 saturated heterocycles. The van der Waals surface area contributed by atoms with Gasteiger partial charge >= 0.3 is 0 Å². The number of benzene rings is 2. The molecule has 2 aromatic rings. The predicted octanol–water partition coefficient (Wildman–Crippen LogP) is 3.26. The van der Waals surface area contributed by atoms with Crippen LogP contribution >= 0.6 is 0 Å². The Morgan fingerprint density at radius 1 is 1.33 bits per heavy atom. The van der Waals surface area contributed by atoms with E-state index in [1.165, 1.54) is 6.92 Å². The molecule has 108 valence electrons. The molecular formula is C14H12FN3O3. The average molecular weight is 289 g/mol. The van der Waals surface area contributed by atoms with Crippen molar-refractivity contribution in [3.05, 3.63) is 57.9 Å². The molecule has 0 bridgehead atoms. The second kappa shape index (κ2) is 5.58. The van der Waals surface area contributed by atoms with Crippen molar-refractivity contribution in [2.45, 2.75) is 6.92 Å². The van der Waals surface area contributed by atoms with Crippen LogP contribution in [-0.4, -0.2) is 10.7 Å². The monoisotopic (exact) mass is 289 g/mol. The molecule has 0 amide bonds. The molecule has 0 unspecified atom stereocenters. The lowest BCUT2D eigenvalue weighted by atomic mass is 10.1. The van der Waals surface area contributed by atoms with E-state index in [-0.39, 0.29) is 11.3 Å². The predicted molar refractivity (Wildman–Crippen MR) is 77.2 cm³/mol. The zero-order valence-electron chi connectivity index (χ0n) is 11.1. The molecule has 0 heterocycles. The number of nitrogens with one attached hydrogen (secondary N) is 1. The molecule has 0 atom stereocenters. The maximum absolute atomic E-state index is 14.3. The lowest BCUT2D eigenvalue weighted by molar-refractivity contribution is -0.384. The van der Waals surface area contributed by atoms with Gasteiger partial charge in [0.15, 0.2) is 11.6 Å². The molecule has 2 aromatic carbocycles. The number of para-hydroxylation sites is 1. The summed E-state index contributed by atoms with van der Waals surface area (Å²) in [5.74, 6) is -1.52. The second-order valence-electron chi connectivity index (χ2n) is 4.35. The minimum absolute atomic E-state index is 0.128. The molecule has 0 aliphatic rings. The minimum Gasteiger partial charge on any atom is -0.391 e. The highest BCUT2D eigenvalue weighted by Gasteiger charge is 2.24. The third-order valence-corrected chi connectivity index (χ3v) is 2.90. The van der Waals surface area contributed by atoms with E-state index in [0.717, 1.165) is 6.07 Å². The van der Waals surface area contributed by atoms with Crippen LogP contribution in [0.15, 0.2) is 36.4 Å². The van der Waals surface area contributed by atoms with Crippen molar-refractivity contribution in [2.75, 3.05) is 11.1 Å². The number of rotatable bonds is 4. The van der Waals surface area contributed by atoms with E-state index in [9.17, 15) is 19.3 Å². The first-order valence-electron chi connectivity index (χ1n) is 6.01. The number of Topliss-reactive ketones (excluding diaryl/α,β-unsaturated/α-hetero) is 1. The highest BCUT2D eigenvalue weighted by molar-refractivity contribution is 6.02. The number of carbonyl (C=O) groups excluding carboxylic acids is 1. The van der Waals surface area contributed by atoms with Gasteiger partial charge in [-0.2, -0.15) is 0 Å². The second-order valence-corrected chi connectivity index (χ2v) is 4.35. The van der Waals surface area contributed by atoms with E-state index in [4.69, 9.17) is 5.73 Å². The van der Waals surface area contributed by atoms with Crippen LogP contribution in [0.2, 0.25) is 0 Å². The number of anilines is 3. The highest BCUT2D eigenvalue weighted by atomic mass is 19.1. The Morgan fingerprint density at radius 2 is 1.95 bits per heavy atom. The summed E-state index contributed by atoms with van der Waals surface area (Å²) in [5, 5.41) is 13.6. The molecule has 21 heavy (non-hydrogen) atoms. The molecular weight excluding hydrogens is 277 g/mol. The largest absolute Gasteiger partial charge is 0.391 e. The summed E-state index contributed by atoms with van der Waals surface area (Å²) in [6.07, 6.45) is 0. The van der Waals surface area contributed by atoms with Gasteiger partial charge in [-0.15, -0.1) is 0 Å². The molecule has 6 nitrogen and oxygen atoms in total. The van der Waals surface area contributed by atoms with Crippen molar-refractivity contribution < 1.29 is 14.1 Å². The molecule has 0 radical (unpaired) electrons. The number of hydrogen-bond donors (Lipinski definition) is 2. The first-order valence-corrected chi connectivity index (χ1v) is 6.01. The van der Waals surface area contributed by atoms with Crippen molar-refractivity contribution in [1.82, 2.24) is 0 Å². The molecule has 0 saturated carbocycles. The molecule has 0 fully saturated rings. The summed E-state index contributed by atoms with van der Waals surface area (Å²) in [6.45, 7) is 1.20. The van der Waals surface area contributed by atoms with E-state index < -0.39 is 27.9 Å². The van der Waals surface area contributed by atoms with Gasteiger partial charge in [0.05, 0.1) is 16.2 Å². The summed E-state index contributed by atoms with van der Waals surface area (Å²) in [7, 11) is 0. The van der Waals surface area contributed by atoms with E-state index in [0.29, 0.717) is 5.69 Å². The van der Waals surface area contributed by atoms with Gasteiger partial charge in [-0.3, -0.25) is 14.9 Å². The van der Waals surface area contributed by atoms with Crippen molar-refractivity contribution in [3.63, 3.8) is 0 Å². The van der Waals surface area contributed by atoms with E-state index in [1.807, 2.05) is 0 Å². The van der Waals surface area contributed by atoms with Gasteiger partial charge in [-0.05, 0) is 19.1 Å². The topological polar surface area (TPSA) is 98.3 Å². The third kappa shape index (κ3) is 2.81. The first-order chi connectivity index (χ1) is 9.91. The maximum atomic E-state index is 14.3. The van der Waals surface area contributed by atoms with Gasteiger partial charge < -0.3 is 11.1 Å². The zero-order chi connectivity index (χ0) is 15.6. The average Bonchev–Trinajstić information content (AvgIpc) is 2.44. The number of ketones is 1. The van der Waals surface area contributed by atoms with Crippen LogP contribution in [0.4, 0.5) is 27.1 Å². The third-order valence-electron chi connectivity index (χ3n) is 2.90. The molecule has 3 N–H and O–H groups in total. The maximum Gasteiger partial charge on any atom is 0.296 e. The van der Waals surface area contributed by atoms with Crippen LogP contribution in [0.1, 0.15) is 17.3 Å². The fourth-order valence-corrected chi connectivity index (χ4v) is 1.87. The number of carbonyl (C=O) groups is 1. The summed E-state index contributed by atoms with van der Waals surface area (Å²) >= 11 is 0. The Labute approximate surface area is 119 Å². The smallest absolute Gasteiger partial charge is 0.296 e. The Morgan fingerprint density at radius 3 is 2.48 bits per heavy atom. The fourth-order valence-electron chi connectivity index (χ4n) is 1.87. The van der Waals surface area contributed by atoms with Crippen LogP contribution in [0.25, 0.3) is 0 Å². The Balaban J connectivity index is 2.61. The van der Waals surface area contributed by atoms with Gasteiger partial charge in [0.25, 0.3) is 5.69 Å². The highest BCUT2D eigenvalue weighted by Crippen LogP contribution is 2.35. The zero-order valence-corrected chi connectivity index (χ0v) is 11.1. The van der Waals surface area contributed by atoms with Gasteiger partial charge in [0, 0.05) is 11.8 Å². The molecule has 0 aromatic heterocycles. The first kappa shape index (κ1) is 14.4. The number of nitrogens with zero attached hydrogens (tertiary/aromatic N) is 1. The van der Waals surface area contributed by atoms with Gasteiger partial charge in [-0.25, -0.2) is 4.39 Å². The number of halogens is 1. The van der Waals surface area contributed by atoms with Crippen LogP contribution in [0.5, 0.6) is 0 Å². The van der Waals surface area contributed by atoms with E-state index in [2.05, 4.69) is 5.32 Å². The van der Waals surface area contributed by atoms with Crippen molar-refractivity contribution in [2.24, 2.45) is 0 Å². The number of nitro benzene ring substituents is 1. The lowest BCUT2D eigenvalue weighted by Gasteiger charge is -2.13. The molecule has 0 aliphatic heterocycles. The summed E-state index contributed by atoms with van der Waals surface area (Å²) < 4.78 is 14.3. The Bertz CT molecular complexity index is 717. The van der Waals surface area contributed by atoms with Crippen molar-refractivity contribution >= 4 is 28.5 Å². The summed E-state index contributed by atoms with van der Waals surface area (Å²) in [4.78, 5) is 21.6. The van der Waals surface area contributed by atoms with Gasteiger partial charge in [-0.1, -0.05) is 18.2 Å². The standard InChI is InChI=1S/C14H12FN3O3/c1-8(19)10-7-11(18(20)21)13(16)12(15)14(10)17-9-5-3-2-4-6-9/h2-7,17H,16H2,1H3. The Hall–Kier alpha value is -2.96. The van der Waals surface area contributed by atoms with E-state index in [1.54, 1.807) is 30.3 Å². The molecule has 2 rings (SSSR count). The van der Waals surface area contributed by atoms with Crippen LogP contribution in [0.3, 0.4) is 0 Å². The van der Waals surface area contributed by atoms with Gasteiger partial charge in [0.1, 0.15) is 5.69 Å². The number of hydrogen-bond acceptors (Lipinski definition) is 5. The van der Waals surface area contributed by atoms with Gasteiger partial charge in [0.2, 0.25) is 0 Å². The minimum atomic E-state index is -1.02. The molecule has 0 aliphatic carbocycles. The normalized spacial score (nSPS) is 10.2. The summed E-state index contributed by atoms with van der Waals surface area (Å²) in [6, 6.07) is 9.54. The molecule has 7 heteroatoms. The fraction of sp³-hybridized carbons (Fsp3) is 0.0714. The van der Waals surface area contributed by atoms with E-state index >= 15 is 0 Å². The van der Waals surface area contributed by atoms with Crippen LogP contribution in [-0.2, 0) is 0 Å². The van der Waals surface area contributed by atoms with Crippen molar-refractivity contribution in [3.8, 4) is 0 Å². The number of nitrogens with two attached hydrogens (primary N) is 1. The quantitative estimate of drug-likeness (QED) is 0.389. The SMILES string of the molecule is CC(=O)c1cc([N+](=O)[O-])c(N)c(F)c1Nc1ccccc1. The number of nitro groups is 1. The van der Waals surface area contributed by atoms with Crippen molar-refractivity contribution in [1.29, 1.82) is 0 Å². The molecule has 0 spiro atoms. The van der Waals surface area contributed by atoms with Crippen LogP contribution < -0.4 is 11.1 Å². The summed E-state index contributed by atoms with van der Waals surface area (Å²) in [5.41, 5.74) is 4.44. The number of nitrogen functional groups attached to an aromatic ring is 1. The van der Waals surface area contributed by atoms with Crippen LogP contribution in [0, 0.1) is 15.9 Å². The Kier molecular flexibility index (Phi) is 3.84.